The third kappa shape index (κ3) is 5.33. The van der Waals surface area contributed by atoms with Crippen molar-refractivity contribution in [1.29, 1.82) is 0 Å². The van der Waals surface area contributed by atoms with Crippen LogP contribution in [0.15, 0.2) is 89.8 Å². The number of ether oxygens (including phenoxy) is 2. The van der Waals surface area contributed by atoms with Gasteiger partial charge < -0.3 is 24.1 Å². The summed E-state index contributed by atoms with van der Waals surface area (Å²) in [6.45, 7) is 1.06. The van der Waals surface area contributed by atoms with Crippen LogP contribution in [-0.4, -0.2) is 41.0 Å². The number of methoxy groups -OCH3 is 2. The SMILES string of the molecule is COc1ccc(CNc2ncnc3ccc(-c4cccc(CN(C(=O)c5ccco5)C5CC5)c4)cc23)c(OC)c1. The standard InChI is InChI=1S/C32H30N4O4/c1-38-26-12-8-24(30(17-26)39-2)18-33-31-27-16-23(9-13-28(27)34-20-35-31)22-6-3-5-21(15-22)19-36(25-10-11-25)32(37)29-7-4-14-40-29/h3-9,12-17,20,25H,10-11,18-19H2,1-2H3,(H,33,34,35). The number of hydrogen-bond acceptors (Lipinski definition) is 7. The first kappa shape index (κ1) is 25.4. The fourth-order valence-corrected chi connectivity index (χ4v) is 4.89. The van der Waals surface area contributed by atoms with Gasteiger partial charge in [-0.2, -0.15) is 0 Å². The number of hydrogen-bond donors (Lipinski definition) is 1. The lowest BCUT2D eigenvalue weighted by Gasteiger charge is -2.22. The minimum absolute atomic E-state index is 0.0648. The second-order valence-corrected chi connectivity index (χ2v) is 9.83. The molecule has 1 fully saturated rings. The van der Waals surface area contributed by atoms with Gasteiger partial charge in [-0.15, -0.1) is 0 Å². The second kappa shape index (κ2) is 11.1. The van der Waals surface area contributed by atoms with E-state index in [0.717, 1.165) is 63.3 Å². The Morgan fingerprint density at radius 1 is 0.975 bits per heavy atom. The molecule has 6 rings (SSSR count). The molecule has 202 valence electrons. The predicted molar refractivity (Wildman–Crippen MR) is 153 cm³/mol. The van der Waals surface area contributed by atoms with E-state index in [0.29, 0.717) is 18.8 Å². The highest BCUT2D eigenvalue weighted by molar-refractivity contribution is 5.93. The Labute approximate surface area is 232 Å². The molecule has 40 heavy (non-hydrogen) atoms. The molecule has 0 atom stereocenters. The monoisotopic (exact) mass is 534 g/mol. The number of aromatic nitrogens is 2. The first-order valence-electron chi connectivity index (χ1n) is 13.3. The van der Waals surface area contributed by atoms with E-state index < -0.39 is 0 Å². The summed E-state index contributed by atoms with van der Waals surface area (Å²) in [4.78, 5) is 24.0. The largest absolute Gasteiger partial charge is 0.497 e. The number of anilines is 1. The predicted octanol–water partition coefficient (Wildman–Crippen LogP) is 6.32. The van der Waals surface area contributed by atoms with E-state index in [1.54, 1.807) is 38.9 Å². The molecule has 1 aliphatic carbocycles. The van der Waals surface area contributed by atoms with Gasteiger partial charge >= 0.3 is 0 Å². The average Bonchev–Trinajstić information content (AvgIpc) is 3.70. The number of nitrogens with one attached hydrogen (secondary N) is 1. The molecule has 0 aliphatic heterocycles. The number of benzene rings is 3. The quantitative estimate of drug-likeness (QED) is 0.224. The molecule has 5 aromatic rings. The van der Waals surface area contributed by atoms with Crippen LogP contribution in [0, 0.1) is 0 Å². The smallest absolute Gasteiger partial charge is 0.290 e. The maximum atomic E-state index is 13.1. The first-order chi connectivity index (χ1) is 19.6. The normalized spacial score (nSPS) is 12.8. The van der Waals surface area contributed by atoms with Crippen molar-refractivity contribution in [1.82, 2.24) is 14.9 Å². The summed E-state index contributed by atoms with van der Waals surface area (Å²) in [6, 6.07) is 24.0. The molecule has 0 spiro atoms. The van der Waals surface area contributed by atoms with Crippen LogP contribution >= 0.6 is 0 Å². The summed E-state index contributed by atoms with van der Waals surface area (Å²) < 4.78 is 16.3. The Hall–Kier alpha value is -4.85. The summed E-state index contributed by atoms with van der Waals surface area (Å²) in [5, 5.41) is 4.37. The number of nitrogens with zero attached hydrogens (tertiary/aromatic N) is 3. The van der Waals surface area contributed by atoms with Crippen molar-refractivity contribution in [3.8, 4) is 22.6 Å². The highest BCUT2D eigenvalue weighted by Gasteiger charge is 2.34. The zero-order valence-corrected chi connectivity index (χ0v) is 22.5. The zero-order chi connectivity index (χ0) is 27.5. The number of carbonyl (C=O) groups is 1. The number of carbonyl (C=O) groups excluding carboxylic acids is 1. The highest BCUT2D eigenvalue weighted by Crippen LogP contribution is 2.32. The molecule has 0 radical (unpaired) electrons. The fraction of sp³-hybridized carbons (Fsp3) is 0.219. The summed E-state index contributed by atoms with van der Waals surface area (Å²) in [5.41, 5.74) is 5.02. The maximum absolute atomic E-state index is 13.1. The zero-order valence-electron chi connectivity index (χ0n) is 22.5. The van der Waals surface area contributed by atoms with Gasteiger partial charge in [0.25, 0.3) is 5.91 Å². The molecule has 1 N–H and O–H groups in total. The van der Waals surface area contributed by atoms with Crippen LogP contribution in [-0.2, 0) is 13.1 Å². The van der Waals surface area contributed by atoms with Crippen molar-refractivity contribution in [2.75, 3.05) is 19.5 Å². The van der Waals surface area contributed by atoms with Crippen molar-refractivity contribution in [2.24, 2.45) is 0 Å². The molecule has 3 aromatic carbocycles. The topological polar surface area (TPSA) is 89.7 Å². The van der Waals surface area contributed by atoms with Gasteiger partial charge in [-0.1, -0.05) is 24.3 Å². The van der Waals surface area contributed by atoms with E-state index >= 15 is 0 Å². The molecule has 8 nitrogen and oxygen atoms in total. The van der Waals surface area contributed by atoms with Crippen molar-refractivity contribution in [2.45, 2.75) is 32.0 Å². The van der Waals surface area contributed by atoms with Crippen molar-refractivity contribution in [3.63, 3.8) is 0 Å². The van der Waals surface area contributed by atoms with E-state index in [1.807, 2.05) is 35.2 Å². The van der Waals surface area contributed by atoms with E-state index in [4.69, 9.17) is 13.9 Å². The lowest BCUT2D eigenvalue weighted by atomic mass is 10.0. The van der Waals surface area contributed by atoms with Crippen LogP contribution in [0.3, 0.4) is 0 Å². The van der Waals surface area contributed by atoms with Gasteiger partial charge in [0, 0.05) is 36.1 Å². The van der Waals surface area contributed by atoms with Crippen LogP contribution in [0.4, 0.5) is 5.82 Å². The molecule has 2 aromatic heterocycles. The molecule has 1 saturated carbocycles. The van der Waals surface area contributed by atoms with E-state index in [9.17, 15) is 4.79 Å². The summed E-state index contributed by atoms with van der Waals surface area (Å²) in [7, 11) is 3.28. The van der Waals surface area contributed by atoms with Gasteiger partial charge in [-0.05, 0) is 72.0 Å². The van der Waals surface area contributed by atoms with E-state index in [2.05, 4.69) is 45.6 Å². The van der Waals surface area contributed by atoms with Crippen LogP contribution in [0.2, 0.25) is 0 Å². The van der Waals surface area contributed by atoms with Gasteiger partial charge in [0.2, 0.25) is 0 Å². The van der Waals surface area contributed by atoms with Crippen LogP contribution in [0.5, 0.6) is 11.5 Å². The third-order valence-corrected chi connectivity index (χ3v) is 7.17. The van der Waals surface area contributed by atoms with Gasteiger partial charge in [0.05, 0.1) is 26.0 Å². The number of fused-ring (bicyclic) bond motifs is 1. The van der Waals surface area contributed by atoms with Crippen LogP contribution in [0.1, 0.15) is 34.5 Å². The molecule has 1 amide bonds. The second-order valence-electron chi connectivity index (χ2n) is 9.83. The summed E-state index contributed by atoms with van der Waals surface area (Å²) in [5.74, 6) is 2.54. The Morgan fingerprint density at radius 2 is 1.85 bits per heavy atom. The van der Waals surface area contributed by atoms with Crippen LogP contribution in [0.25, 0.3) is 22.0 Å². The molecule has 0 unspecified atom stereocenters. The molecule has 2 heterocycles. The molecular weight excluding hydrogens is 504 g/mol. The fourth-order valence-electron chi connectivity index (χ4n) is 4.89. The highest BCUT2D eigenvalue weighted by atomic mass is 16.5. The first-order valence-corrected chi connectivity index (χ1v) is 13.3. The van der Waals surface area contributed by atoms with Gasteiger partial charge in [0.15, 0.2) is 5.76 Å². The lowest BCUT2D eigenvalue weighted by Crippen LogP contribution is -2.32. The molecule has 1 aliphatic rings. The van der Waals surface area contributed by atoms with Crippen molar-refractivity contribution in [3.05, 3.63) is 102 Å². The van der Waals surface area contributed by atoms with Crippen molar-refractivity contribution >= 4 is 22.6 Å². The van der Waals surface area contributed by atoms with Crippen molar-refractivity contribution < 1.29 is 18.7 Å². The van der Waals surface area contributed by atoms with E-state index in [-0.39, 0.29) is 11.9 Å². The van der Waals surface area contributed by atoms with Gasteiger partial charge in [-0.25, -0.2) is 9.97 Å². The Kier molecular flexibility index (Phi) is 7.06. The van der Waals surface area contributed by atoms with Gasteiger partial charge in [-0.3, -0.25) is 4.79 Å². The van der Waals surface area contributed by atoms with Crippen LogP contribution < -0.4 is 14.8 Å². The summed E-state index contributed by atoms with van der Waals surface area (Å²) in [6.07, 6.45) is 5.15. The Bertz CT molecular complexity index is 1650. The maximum Gasteiger partial charge on any atom is 0.290 e. The number of rotatable bonds is 10. The Balaban J connectivity index is 1.25. The number of furan rings is 1. The summed E-state index contributed by atoms with van der Waals surface area (Å²) >= 11 is 0. The molecule has 8 heteroatoms. The molecule has 0 saturated heterocycles. The number of amides is 1. The lowest BCUT2D eigenvalue weighted by molar-refractivity contribution is 0.0697. The minimum Gasteiger partial charge on any atom is -0.497 e. The third-order valence-electron chi connectivity index (χ3n) is 7.17. The Morgan fingerprint density at radius 3 is 2.62 bits per heavy atom. The minimum atomic E-state index is -0.0648. The molecular formula is C32H30N4O4. The van der Waals surface area contributed by atoms with E-state index in [1.165, 1.54) is 0 Å². The average molecular weight is 535 g/mol. The van der Waals surface area contributed by atoms with Gasteiger partial charge in [0.1, 0.15) is 23.6 Å². The molecule has 0 bridgehead atoms.